The molecule has 0 aliphatic heterocycles. The molecule has 0 atom stereocenters. The lowest BCUT2D eigenvalue weighted by molar-refractivity contribution is -0.137. The molecule has 2 aromatic heterocycles. The highest BCUT2D eigenvalue weighted by molar-refractivity contribution is 7.14. The van der Waals surface area contributed by atoms with Crippen LogP contribution < -0.4 is 10.6 Å². The molecule has 2 heterocycles. The van der Waals surface area contributed by atoms with Crippen molar-refractivity contribution in [2.24, 2.45) is 0 Å². The predicted octanol–water partition coefficient (Wildman–Crippen LogP) is 4.85. The van der Waals surface area contributed by atoms with Crippen molar-refractivity contribution in [3.05, 3.63) is 52.0 Å². The van der Waals surface area contributed by atoms with E-state index in [9.17, 15) is 18.0 Å². The van der Waals surface area contributed by atoms with E-state index >= 15 is 0 Å². The van der Waals surface area contributed by atoms with E-state index < -0.39 is 11.7 Å². The molecule has 1 amide bonds. The molecule has 0 aliphatic rings. The summed E-state index contributed by atoms with van der Waals surface area (Å²) in [6.45, 7) is 1.83. The number of nitrogens with one attached hydrogen (secondary N) is 2. The van der Waals surface area contributed by atoms with Gasteiger partial charge in [-0.25, -0.2) is 9.97 Å². The molecule has 0 radical (unpaired) electrons. The van der Waals surface area contributed by atoms with Crippen molar-refractivity contribution < 1.29 is 18.0 Å². The summed E-state index contributed by atoms with van der Waals surface area (Å²) >= 11 is 2.55. The maximum atomic E-state index is 12.7. The molecule has 10 heteroatoms. The molecule has 5 nitrogen and oxygen atoms in total. The lowest BCUT2D eigenvalue weighted by Crippen LogP contribution is -2.14. The first-order valence-corrected chi connectivity index (χ1v) is 9.16. The lowest BCUT2D eigenvalue weighted by Gasteiger charge is -2.08. The highest BCUT2D eigenvalue weighted by Gasteiger charge is 2.30. The van der Waals surface area contributed by atoms with Crippen molar-refractivity contribution in [3.8, 4) is 0 Å². The largest absolute Gasteiger partial charge is 0.416 e. The van der Waals surface area contributed by atoms with Gasteiger partial charge in [-0.2, -0.15) is 13.2 Å². The number of nitrogens with zero attached hydrogens (tertiary/aromatic N) is 2. The SMILES string of the molecule is Cc1csc(NC(=O)Cc2csc(Nc3cccc(C(F)(F)F)c3)n2)n1. The van der Waals surface area contributed by atoms with Crippen molar-refractivity contribution in [3.63, 3.8) is 0 Å². The molecule has 136 valence electrons. The van der Waals surface area contributed by atoms with Gasteiger partial charge in [0, 0.05) is 16.4 Å². The monoisotopic (exact) mass is 398 g/mol. The molecule has 2 N–H and O–H groups in total. The van der Waals surface area contributed by atoms with Gasteiger partial charge in [-0.05, 0) is 25.1 Å². The molecule has 26 heavy (non-hydrogen) atoms. The maximum Gasteiger partial charge on any atom is 0.416 e. The Hall–Kier alpha value is -2.46. The molecule has 1 aromatic carbocycles. The summed E-state index contributed by atoms with van der Waals surface area (Å²) in [5.41, 5.74) is 0.891. The van der Waals surface area contributed by atoms with Crippen LogP contribution in [-0.2, 0) is 17.4 Å². The minimum Gasteiger partial charge on any atom is -0.332 e. The molecule has 0 saturated carbocycles. The molecule has 0 spiro atoms. The molecule has 3 aromatic rings. The van der Waals surface area contributed by atoms with Crippen molar-refractivity contribution in [2.45, 2.75) is 19.5 Å². The Morgan fingerprint density at radius 2 is 1.92 bits per heavy atom. The Balaban J connectivity index is 1.62. The Morgan fingerprint density at radius 3 is 2.62 bits per heavy atom. The van der Waals surface area contributed by atoms with Crippen molar-refractivity contribution >= 4 is 44.5 Å². The molecule has 3 rings (SSSR count). The number of thiazole rings is 2. The van der Waals surface area contributed by atoms with Gasteiger partial charge in [-0.15, -0.1) is 22.7 Å². The van der Waals surface area contributed by atoms with Crippen LogP contribution in [0.25, 0.3) is 0 Å². The number of aryl methyl sites for hydroxylation is 1. The van der Waals surface area contributed by atoms with Crippen LogP contribution in [0.2, 0.25) is 0 Å². The molecule has 0 bridgehead atoms. The van der Waals surface area contributed by atoms with Gasteiger partial charge in [0.2, 0.25) is 5.91 Å². The van der Waals surface area contributed by atoms with Gasteiger partial charge >= 0.3 is 6.18 Å². The summed E-state index contributed by atoms with van der Waals surface area (Å²) in [7, 11) is 0. The number of hydrogen-bond donors (Lipinski definition) is 2. The van der Waals surface area contributed by atoms with Gasteiger partial charge in [-0.1, -0.05) is 6.07 Å². The molecule has 0 fully saturated rings. The normalized spacial score (nSPS) is 11.4. The van der Waals surface area contributed by atoms with Gasteiger partial charge in [0.15, 0.2) is 10.3 Å². The summed E-state index contributed by atoms with van der Waals surface area (Å²) in [6.07, 6.45) is -4.35. The van der Waals surface area contributed by atoms with E-state index in [1.165, 1.54) is 34.8 Å². The first-order chi connectivity index (χ1) is 12.3. The number of alkyl halides is 3. The molecule has 0 aliphatic carbocycles. The Morgan fingerprint density at radius 1 is 1.15 bits per heavy atom. The van der Waals surface area contributed by atoms with E-state index in [4.69, 9.17) is 0 Å². The van der Waals surface area contributed by atoms with Crippen LogP contribution in [0.1, 0.15) is 17.0 Å². The first-order valence-electron chi connectivity index (χ1n) is 7.40. The molecular formula is C16H13F3N4OS2. The first kappa shape index (κ1) is 18.3. The Labute approximate surface area is 154 Å². The van der Waals surface area contributed by atoms with Crippen LogP contribution in [0.5, 0.6) is 0 Å². The fourth-order valence-electron chi connectivity index (χ4n) is 2.08. The summed E-state index contributed by atoms with van der Waals surface area (Å²) in [5, 5.41) is 9.96. The Bertz CT molecular complexity index is 920. The zero-order valence-corrected chi connectivity index (χ0v) is 15.1. The van der Waals surface area contributed by atoms with Crippen LogP contribution >= 0.6 is 22.7 Å². The fourth-order valence-corrected chi connectivity index (χ4v) is 3.52. The van der Waals surface area contributed by atoms with Crippen LogP contribution in [0.4, 0.5) is 29.1 Å². The lowest BCUT2D eigenvalue weighted by atomic mass is 10.2. The number of anilines is 3. The van der Waals surface area contributed by atoms with Gasteiger partial charge < -0.3 is 10.6 Å². The summed E-state index contributed by atoms with van der Waals surface area (Å²) in [5.74, 6) is -0.254. The molecule has 0 saturated heterocycles. The number of halogens is 3. The third-order valence-electron chi connectivity index (χ3n) is 3.20. The van der Waals surface area contributed by atoms with Crippen LogP contribution in [0, 0.1) is 6.92 Å². The molecular weight excluding hydrogens is 385 g/mol. The quantitative estimate of drug-likeness (QED) is 0.645. The summed E-state index contributed by atoms with van der Waals surface area (Å²) in [4.78, 5) is 20.4. The van der Waals surface area contributed by atoms with E-state index in [0.717, 1.165) is 17.8 Å². The van der Waals surface area contributed by atoms with E-state index in [-0.39, 0.29) is 18.0 Å². The van der Waals surface area contributed by atoms with Crippen LogP contribution in [0.3, 0.4) is 0 Å². The average Bonchev–Trinajstić information content (AvgIpc) is 3.16. The maximum absolute atomic E-state index is 12.7. The second-order valence-corrected chi connectivity index (χ2v) is 7.08. The standard InChI is InChI=1S/C16H13F3N4OS2/c1-9-7-25-14(20-9)23-13(24)6-12-8-26-15(22-12)21-11-4-2-3-10(5-11)16(17,18)19/h2-5,7-8H,6H2,1H3,(H,21,22)(H,20,23,24). The van der Waals surface area contributed by atoms with Gasteiger partial charge in [0.25, 0.3) is 0 Å². The number of amides is 1. The fraction of sp³-hybridized carbons (Fsp3) is 0.188. The number of hydrogen-bond acceptors (Lipinski definition) is 6. The average molecular weight is 398 g/mol. The second-order valence-electron chi connectivity index (χ2n) is 5.37. The Kier molecular flexibility index (Phi) is 5.23. The third-order valence-corrected chi connectivity index (χ3v) is 4.88. The topological polar surface area (TPSA) is 66.9 Å². The minimum absolute atomic E-state index is 0.0550. The molecule has 0 unspecified atom stereocenters. The number of rotatable bonds is 5. The van der Waals surface area contributed by atoms with Crippen LogP contribution in [0.15, 0.2) is 35.0 Å². The van der Waals surface area contributed by atoms with Crippen molar-refractivity contribution in [1.29, 1.82) is 0 Å². The van der Waals surface area contributed by atoms with E-state index in [1.54, 1.807) is 5.38 Å². The van der Waals surface area contributed by atoms with Gasteiger partial charge in [0.1, 0.15) is 0 Å². The highest BCUT2D eigenvalue weighted by Crippen LogP contribution is 2.31. The van der Waals surface area contributed by atoms with E-state index in [2.05, 4.69) is 20.6 Å². The van der Waals surface area contributed by atoms with Gasteiger partial charge in [0.05, 0.1) is 23.4 Å². The van der Waals surface area contributed by atoms with Crippen molar-refractivity contribution in [2.75, 3.05) is 10.6 Å². The third kappa shape index (κ3) is 4.79. The van der Waals surface area contributed by atoms with Crippen LogP contribution in [-0.4, -0.2) is 15.9 Å². The smallest absolute Gasteiger partial charge is 0.332 e. The minimum atomic E-state index is -4.40. The van der Waals surface area contributed by atoms with E-state index in [0.29, 0.717) is 16.0 Å². The second kappa shape index (κ2) is 7.42. The number of carbonyl (C=O) groups is 1. The highest BCUT2D eigenvalue weighted by atomic mass is 32.1. The number of aromatic nitrogens is 2. The van der Waals surface area contributed by atoms with Crippen molar-refractivity contribution in [1.82, 2.24) is 9.97 Å². The number of carbonyl (C=O) groups excluding carboxylic acids is 1. The summed E-state index contributed by atoms with van der Waals surface area (Å²) in [6, 6.07) is 4.86. The van der Waals surface area contributed by atoms with E-state index in [1.807, 2.05) is 12.3 Å². The summed E-state index contributed by atoms with van der Waals surface area (Å²) < 4.78 is 38.2. The number of benzene rings is 1. The zero-order chi connectivity index (χ0) is 18.7. The predicted molar refractivity (Wildman–Crippen MR) is 96.0 cm³/mol. The zero-order valence-electron chi connectivity index (χ0n) is 13.4. The van der Waals surface area contributed by atoms with Gasteiger partial charge in [-0.3, -0.25) is 4.79 Å².